The number of H-pyrrole nitrogens is 1. The van der Waals surface area contributed by atoms with Gasteiger partial charge in [-0.15, -0.1) is 0 Å². The van der Waals surface area contributed by atoms with Crippen LogP contribution >= 0.6 is 0 Å². The highest BCUT2D eigenvalue weighted by molar-refractivity contribution is 5.92. The Morgan fingerprint density at radius 1 is 1.92 bits per heavy atom. The lowest BCUT2D eigenvalue weighted by molar-refractivity contribution is 0.0946. The first-order chi connectivity index (χ1) is 6.24. The number of nitrogens with zero attached hydrogens (tertiary/aromatic N) is 2. The fraction of sp³-hybridized carbons (Fsp3) is 0.375. The fourth-order valence-corrected chi connectivity index (χ4v) is 0.769. The van der Waals surface area contributed by atoms with Gasteiger partial charge in [0.05, 0.1) is 12.0 Å². The molecule has 0 aliphatic carbocycles. The zero-order valence-electron chi connectivity index (χ0n) is 7.24. The molecule has 5 nitrogen and oxygen atoms in total. The third-order valence-electron chi connectivity index (χ3n) is 1.53. The van der Waals surface area contributed by atoms with Crippen LogP contribution in [0.25, 0.3) is 0 Å². The van der Waals surface area contributed by atoms with E-state index in [0.717, 1.165) is 0 Å². The van der Waals surface area contributed by atoms with Crippen LogP contribution in [0.2, 0.25) is 0 Å². The van der Waals surface area contributed by atoms with Crippen LogP contribution in [-0.4, -0.2) is 22.6 Å². The molecule has 0 bridgehead atoms. The zero-order chi connectivity index (χ0) is 9.68. The monoisotopic (exact) mass is 178 g/mol. The highest BCUT2D eigenvalue weighted by atomic mass is 16.1. The minimum Gasteiger partial charge on any atom is -0.349 e. The summed E-state index contributed by atoms with van der Waals surface area (Å²) in [7, 11) is 0. The van der Waals surface area contributed by atoms with E-state index in [1.165, 1.54) is 6.20 Å². The number of hydrogen-bond acceptors (Lipinski definition) is 3. The lowest BCUT2D eigenvalue weighted by Crippen LogP contribution is -2.28. The average Bonchev–Trinajstić information content (AvgIpc) is 2.66. The summed E-state index contributed by atoms with van der Waals surface area (Å²) in [6.45, 7) is 2.10. The first-order valence-electron chi connectivity index (χ1n) is 3.91. The molecule has 1 amide bonds. The number of amides is 1. The van der Waals surface area contributed by atoms with E-state index >= 15 is 0 Å². The molecule has 0 aliphatic rings. The molecule has 1 atom stereocenters. The van der Waals surface area contributed by atoms with Crippen molar-refractivity contribution < 1.29 is 4.79 Å². The van der Waals surface area contributed by atoms with Gasteiger partial charge < -0.3 is 5.32 Å². The topological polar surface area (TPSA) is 81.6 Å². The summed E-state index contributed by atoms with van der Waals surface area (Å²) in [6, 6.07) is 3.60. The third kappa shape index (κ3) is 2.60. The number of nitrogens with one attached hydrogen (secondary N) is 2. The lowest BCUT2D eigenvalue weighted by atomic mass is 10.2. The molecule has 0 aromatic carbocycles. The molecule has 13 heavy (non-hydrogen) atoms. The lowest BCUT2D eigenvalue weighted by Gasteiger charge is -2.03. The molecule has 0 saturated carbocycles. The predicted octanol–water partition coefficient (Wildman–Crippen LogP) is 0.299. The van der Waals surface area contributed by atoms with Crippen molar-refractivity contribution in [3.05, 3.63) is 18.0 Å². The number of carbonyl (C=O) groups is 1. The van der Waals surface area contributed by atoms with E-state index in [1.807, 2.05) is 6.07 Å². The number of hydrogen-bond donors (Lipinski definition) is 2. The smallest absolute Gasteiger partial charge is 0.269 e. The van der Waals surface area contributed by atoms with Crippen molar-refractivity contribution in [2.24, 2.45) is 5.92 Å². The Bertz CT molecular complexity index is 311. The molecule has 68 valence electrons. The Kier molecular flexibility index (Phi) is 3.03. The van der Waals surface area contributed by atoms with Crippen molar-refractivity contribution in [2.75, 3.05) is 6.54 Å². The first kappa shape index (κ1) is 9.26. The average molecular weight is 178 g/mol. The van der Waals surface area contributed by atoms with Crippen LogP contribution in [0.15, 0.2) is 12.3 Å². The van der Waals surface area contributed by atoms with Gasteiger partial charge in [-0.2, -0.15) is 10.4 Å². The quantitative estimate of drug-likeness (QED) is 0.698. The second kappa shape index (κ2) is 4.26. The van der Waals surface area contributed by atoms with Crippen LogP contribution in [0, 0.1) is 17.2 Å². The van der Waals surface area contributed by atoms with E-state index in [4.69, 9.17) is 5.26 Å². The van der Waals surface area contributed by atoms with Gasteiger partial charge in [-0.1, -0.05) is 0 Å². The van der Waals surface area contributed by atoms with Crippen LogP contribution in [0.4, 0.5) is 0 Å². The van der Waals surface area contributed by atoms with Crippen molar-refractivity contribution >= 4 is 5.91 Å². The number of aromatic amines is 1. The van der Waals surface area contributed by atoms with E-state index in [1.54, 1.807) is 13.0 Å². The Hall–Kier alpha value is -1.83. The maximum Gasteiger partial charge on any atom is 0.269 e. The number of carbonyl (C=O) groups excluding carboxylic acids is 1. The van der Waals surface area contributed by atoms with Gasteiger partial charge in [-0.25, -0.2) is 0 Å². The molecule has 0 aliphatic heterocycles. The summed E-state index contributed by atoms with van der Waals surface area (Å²) in [5, 5.41) is 17.2. The highest BCUT2D eigenvalue weighted by Gasteiger charge is 2.07. The Morgan fingerprint density at radius 3 is 3.23 bits per heavy atom. The second-order valence-electron chi connectivity index (χ2n) is 2.71. The number of aromatic nitrogens is 2. The molecule has 5 heteroatoms. The van der Waals surface area contributed by atoms with Crippen molar-refractivity contribution in [3.8, 4) is 6.07 Å². The molecule has 1 aromatic heterocycles. The highest BCUT2D eigenvalue weighted by Crippen LogP contribution is 1.93. The Labute approximate surface area is 75.8 Å². The molecule has 0 fully saturated rings. The summed E-state index contributed by atoms with van der Waals surface area (Å²) in [5.41, 5.74) is 0.408. The van der Waals surface area contributed by atoms with Crippen LogP contribution in [0.1, 0.15) is 17.4 Å². The van der Waals surface area contributed by atoms with Crippen molar-refractivity contribution in [2.45, 2.75) is 6.92 Å². The second-order valence-corrected chi connectivity index (χ2v) is 2.71. The molecule has 0 spiro atoms. The van der Waals surface area contributed by atoms with E-state index in [0.29, 0.717) is 12.2 Å². The molecule has 1 heterocycles. The minimum atomic E-state index is -0.236. The predicted molar refractivity (Wildman–Crippen MR) is 45.7 cm³/mol. The first-order valence-corrected chi connectivity index (χ1v) is 3.91. The maximum atomic E-state index is 11.2. The number of rotatable bonds is 3. The molecule has 0 saturated heterocycles. The minimum absolute atomic E-state index is 0.174. The summed E-state index contributed by atoms with van der Waals surface area (Å²) >= 11 is 0. The van der Waals surface area contributed by atoms with Gasteiger partial charge in [-0.05, 0) is 13.0 Å². The van der Waals surface area contributed by atoms with Crippen LogP contribution < -0.4 is 5.32 Å². The van der Waals surface area contributed by atoms with Gasteiger partial charge in [0.1, 0.15) is 5.69 Å². The Morgan fingerprint density at radius 2 is 2.69 bits per heavy atom. The SMILES string of the molecule is CC(C#N)CNC(=O)c1ccn[nH]1. The van der Waals surface area contributed by atoms with Crippen molar-refractivity contribution in [1.29, 1.82) is 5.26 Å². The molecule has 1 aromatic rings. The molecular formula is C8H10N4O. The van der Waals surface area contributed by atoms with E-state index < -0.39 is 0 Å². The fourth-order valence-electron chi connectivity index (χ4n) is 0.769. The summed E-state index contributed by atoms with van der Waals surface area (Å²) < 4.78 is 0. The van der Waals surface area contributed by atoms with Crippen LogP contribution in [-0.2, 0) is 0 Å². The largest absolute Gasteiger partial charge is 0.349 e. The standard InChI is InChI=1S/C8H10N4O/c1-6(4-9)5-10-8(13)7-2-3-11-12-7/h2-3,6H,5H2,1H3,(H,10,13)(H,11,12). The van der Waals surface area contributed by atoms with E-state index in [-0.39, 0.29) is 11.8 Å². The van der Waals surface area contributed by atoms with Crippen LogP contribution in [0.3, 0.4) is 0 Å². The molecular weight excluding hydrogens is 168 g/mol. The maximum absolute atomic E-state index is 11.2. The molecule has 1 unspecified atom stereocenters. The van der Waals surface area contributed by atoms with Gasteiger partial charge >= 0.3 is 0 Å². The number of nitriles is 1. The van der Waals surface area contributed by atoms with E-state index in [2.05, 4.69) is 15.5 Å². The van der Waals surface area contributed by atoms with Gasteiger partial charge in [0, 0.05) is 12.7 Å². The molecule has 1 rings (SSSR count). The van der Waals surface area contributed by atoms with Crippen LogP contribution in [0.5, 0.6) is 0 Å². The summed E-state index contributed by atoms with van der Waals surface area (Å²) in [5.74, 6) is -0.411. The Balaban J connectivity index is 2.40. The van der Waals surface area contributed by atoms with Gasteiger partial charge in [0.2, 0.25) is 0 Å². The molecule has 2 N–H and O–H groups in total. The van der Waals surface area contributed by atoms with Crippen molar-refractivity contribution in [1.82, 2.24) is 15.5 Å². The third-order valence-corrected chi connectivity index (χ3v) is 1.53. The van der Waals surface area contributed by atoms with E-state index in [9.17, 15) is 4.79 Å². The normalized spacial score (nSPS) is 11.7. The van der Waals surface area contributed by atoms with Crippen molar-refractivity contribution in [3.63, 3.8) is 0 Å². The summed E-state index contributed by atoms with van der Waals surface area (Å²) in [4.78, 5) is 11.2. The van der Waals surface area contributed by atoms with Gasteiger partial charge in [0.25, 0.3) is 5.91 Å². The summed E-state index contributed by atoms with van der Waals surface area (Å²) in [6.07, 6.45) is 1.50. The molecule has 0 radical (unpaired) electrons. The van der Waals surface area contributed by atoms with Gasteiger partial charge in [0.15, 0.2) is 0 Å². The van der Waals surface area contributed by atoms with Gasteiger partial charge in [-0.3, -0.25) is 9.89 Å². The zero-order valence-corrected chi connectivity index (χ0v) is 7.24.